The summed E-state index contributed by atoms with van der Waals surface area (Å²) in [6.45, 7) is 2.16. The number of hydrogen-bond donors (Lipinski definition) is 1. The topological polar surface area (TPSA) is 101 Å². The summed E-state index contributed by atoms with van der Waals surface area (Å²) in [5, 5.41) is 22.1. The second-order valence-electron chi connectivity index (χ2n) is 7.94. The molecule has 7 heteroatoms. The predicted octanol–water partition coefficient (Wildman–Crippen LogP) is 4.57. The van der Waals surface area contributed by atoms with Crippen LogP contribution in [0.3, 0.4) is 0 Å². The van der Waals surface area contributed by atoms with Crippen LogP contribution in [0.15, 0.2) is 84.4 Å². The molecule has 4 rings (SSSR count). The third-order valence-electron chi connectivity index (χ3n) is 5.77. The number of carbonyl (C=O) groups is 2. The highest BCUT2D eigenvalue weighted by Crippen LogP contribution is 2.39. The van der Waals surface area contributed by atoms with Crippen molar-refractivity contribution in [1.29, 1.82) is 0 Å². The first-order valence-corrected chi connectivity index (χ1v) is 10.5. The van der Waals surface area contributed by atoms with E-state index in [1.807, 2.05) is 37.3 Å². The highest BCUT2D eigenvalue weighted by atomic mass is 16.6. The van der Waals surface area contributed by atoms with Gasteiger partial charge >= 0.3 is 0 Å². The average molecular weight is 442 g/mol. The Hall–Kier alpha value is -4.26. The first-order valence-electron chi connectivity index (χ1n) is 10.5. The Morgan fingerprint density at radius 2 is 1.61 bits per heavy atom. The number of aliphatic hydroxyl groups excluding tert-OH is 1. The number of aliphatic hydroxyl groups is 1. The first kappa shape index (κ1) is 22.0. The second kappa shape index (κ2) is 9.08. The zero-order valence-electron chi connectivity index (χ0n) is 18.0. The Labute approximate surface area is 190 Å². The summed E-state index contributed by atoms with van der Waals surface area (Å²) in [5.41, 5.74) is 2.81. The number of aryl methyl sites for hydroxylation is 1. The number of nitro benzene ring substituents is 1. The Bertz CT molecular complexity index is 1230. The zero-order valence-corrected chi connectivity index (χ0v) is 18.0. The van der Waals surface area contributed by atoms with E-state index in [2.05, 4.69) is 0 Å². The van der Waals surface area contributed by atoms with Crippen LogP contribution in [-0.4, -0.2) is 33.2 Å². The SMILES string of the molecule is Cc1ccc(C(O)=C2C(=O)C(=O)N(CCc3ccccc3)C2c2ccc([N+](=O)[O-])cc2)cc1. The molecule has 0 aliphatic carbocycles. The van der Waals surface area contributed by atoms with Gasteiger partial charge in [-0.2, -0.15) is 0 Å². The molecule has 33 heavy (non-hydrogen) atoms. The molecule has 1 amide bonds. The van der Waals surface area contributed by atoms with E-state index in [1.165, 1.54) is 29.2 Å². The van der Waals surface area contributed by atoms with Crippen LogP contribution in [0.2, 0.25) is 0 Å². The summed E-state index contributed by atoms with van der Waals surface area (Å²) >= 11 is 0. The average Bonchev–Trinajstić information content (AvgIpc) is 3.08. The van der Waals surface area contributed by atoms with Crippen LogP contribution in [-0.2, 0) is 16.0 Å². The van der Waals surface area contributed by atoms with Gasteiger partial charge in [0, 0.05) is 24.2 Å². The van der Waals surface area contributed by atoms with Gasteiger partial charge in [-0.3, -0.25) is 19.7 Å². The molecule has 0 spiro atoms. The summed E-state index contributed by atoms with van der Waals surface area (Å²) in [4.78, 5) is 38.1. The van der Waals surface area contributed by atoms with E-state index in [0.717, 1.165) is 11.1 Å². The van der Waals surface area contributed by atoms with E-state index in [1.54, 1.807) is 24.3 Å². The third kappa shape index (κ3) is 4.39. The molecule has 1 aliphatic heterocycles. The van der Waals surface area contributed by atoms with E-state index in [9.17, 15) is 24.8 Å². The van der Waals surface area contributed by atoms with Crippen LogP contribution in [0.1, 0.15) is 28.3 Å². The summed E-state index contributed by atoms with van der Waals surface area (Å²) in [7, 11) is 0. The van der Waals surface area contributed by atoms with Crippen LogP contribution in [0.4, 0.5) is 5.69 Å². The van der Waals surface area contributed by atoms with Crippen LogP contribution in [0.25, 0.3) is 5.76 Å². The number of nitro groups is 1. The van der Waals surface area contributed by atoms with Gasteiger partial charge in [-0.05, 0) is 36.6 Å². The number of hydrogen-bond acceptors (Lipinski definition) is 5. The zero-order chi connectivity index (χ0) is 23.5. The van der Waals surface area contributed by atoms with Gasteiger partial charge in [-0.1, -0.05) is 60.2 Å². The predicted molar refractivity (Wildman–Crippen MR) is 123 cm³/mol. The molecule has 1 heterocycles. The van der Waals surface area contributed by atoms with Crippen molar-refractivity contribution in [3.63, 3.8) is 0 Å². The smallest absolute Gasteiger partial charge is 0.295 e. The Kier molecular flexibility index (Phi) is 6.04. The Morgan fingerprint density at radius 3 is 2.21 bits per heavy atom. The van der Waals surface area contributed by atoms with Gasteiger partial charge in [-0.25, -0.2) is 0 Å². The fourth-order valence-corrected chi connectivity index (χ4v) is 4.00. The molecule has 0 saturated carbocycles. The maximum absolute atomic E-state index is 13.1. The molecular formula is C26H22N2O5. The molecule has 1 saturated heterocycles. The second-order valence-corrected chi connectivity index (χ2v) is 7.94. The molecule has 3 aromatic rings. The molecule has 1 unspecified atom stereocenters. The number of rotatable bonds is 6. The maximum atomic E-state index is 13.1. The van der Waals surface area contributed by atoms with Gasteiger partial charge in [0.25, 0.3) is 17.4 Å². The van der Waals surface area contributed by atoms with Crippen molar-refractivity contribution in [2.75, 3.05) is 6.54 Å². The maximum Gasteiger partial charge on any atom is 0.295 e. The van der Waals surface area contributed by atoms with Gasteiger partial charge in [0.05, 0.1) is 16.5 Å². The minimum Gasteiger partial charge on any atom is -0.507 e. The number of amides is 1. The Morgan fingerprint density at radius 1 is 0.970 bits per heavy atom. The summed E-state index contributed by atoms with van der Waals surface area (Å²) < 4.78 is 0. The van der Waals surface area contributed by atoms with Crippen molar-refractivity contribution in [3.8, 4) is 0 Å². The first-order chi connectivity index (χ1) is 15.9. The van der Waals surface area contributed by atoms with Crippen molar-refractivity contribution in [1.82, 2.24) is 4.90 Å². The van der Waals surface area contributed by atoms with E-state index in [4.69, 9.17) is 0 Å². The van der Waals surface area contributed by atoms with Gasteiger partial charge in [0.2, 0.25) is 0 Å². The normalized spacial score (nSPS) is 17.4. The number of non-ortho nitro benzene ring substituents is 1. The third-order valence-corrected chi connectivity index (χ3v) is 5.77. The standard InChI is InChI=1S/C26H22N2O5/c1-17-7-9-20(10-8-17)24(29)22-23(19-11-13-21(14-12-19)28(32)33)27(26(31)25(22)30)16-15-18-5-3-2-4-6-18/h2-14,23,29H,15-16H2,1H3. The van der Waals surface area contributed by atoms with Crippen LogP contribution in [0.5, 0.6) is 0 Å². The van der Waals surface area contributed by atoms with E-state index in [0.29, 0.717) is 17.5 Å². The number of likely N-dealkylation sites (tertiary alicyclic amines) is 1. The van der Waals surface area contributed by atoms with Crippen LogP contribution >= 0.6 is 0 Å². The number of benzene rings is 3. The highest BCUT2D eigenvalue weighted by Gasteiger charge is 2.45. The van der Waals surface area contributed by atoms with E-state index >= 15 is 0 Å². The minimum absolute atomic E-state index is 0.0224. The molecule has 166 valence electrons. The number of nitrogens with zero attached hydrogens (tertiary/aromatic N) is 2. The van der Waals surface area contributed by atoms with Crippen molar-refractivity contribution in [3.05, 3.63) is 117 Å². The number of ketones is 1. The van der Waals surface area contributed by atoms with Crippen LogP contribution in [0, 0.1) is 17.0 Å². The van der Waals surface area contributed by atoms with Gasteiger partial charge in [0.1, 0.15) is 5.76 Å². The van der Waals surface area contributed by atoms with E-state index < -0.39 is 22.7 Å². The van der Waals surface area contributed by atoms with Crippen molar-refractivity contribution in [2.24, 2.45) is 0 Å². The number of carbonyl (C=O) groups excluding carboxylic acids is 2. The molecule has 1 atom stereocenters. The minimum atomic E-state index is -0.851. The van der Waals surface area contributed by atoms with Gasteiger partial charge in [-0.15, -0.1) is 0 Å². The summed E-state index contributed by atoms with van der Waals surface area (Å²) in [5.74, 6) is -1.74. The lowest BCUT2D eigenvalue weighted by Gasteiger charge is -2.25. The van der Waals surface area contributed by atoms with Crippen LogP contribution < -0.4 is 0 Å². The molecule has 0 bridgehead atoms. The lowest BCUT2D eigenvalue weighted by molar-refractivity contribution is -0.384. The largest absolute Gasteiger partial charge is 0.507 e. The molecule has 0 aromatic heterocycles. The number of Topliss-reactive ketones (excluding diaryl/α,β-unsaturated/α-hetero) is 1. The lowest BCUT2D eigenvalue weighted by Crippen LogP contribution is -2.31. The monoisotopic (exact) mass is 442 g/mol. The van der Waals surface area contributed by atoms with Crippen molar-refractivity contribution < 1.29 is 19.6 Å². The lowest BCUT2D eigenvalue weighted by atomic mass is 9.94. The van der Waals surface area contributed by atoms with E-state index in [-0.39, 0.29) is 23.6 Å². The fraction of sp³-hybridized carbons (Fsp3) is 0.154. The quantitative estimate of drug-likeness (QED) is 0.198. The Balaban J connectivity index is 1.79. The highest BCUT2D eigenvalue weighted by molar-refractivity contribution is 6.46. The molecule has 3 aromatic carbocycles. The molecule has 7 nitrogen and oxygen atoms in total. The summed E-state index contributed by atoms with van der Waals surface area (Å²) in [6.07, 6.45) is 0.516. The summed E-state index contributed by atoms with van der Waals surface area (Å²) in [6, 6.07) is 21.4. The van der Waals surface area contributed by atoms with Gasteiger partial charge < -0.3 is 10.0 Å². The molecule has 1 aliphatic rings. The molecule has 0 radical (unpaired) electrons. The van der Waals surface area contributed by atoms with Crippen molar-refractivity contribution in [2.45, 2.75) is 19.4 Å². The molecule has 1 N–H and O–H groups in total. The fourth-order valence-electron chi connectivity index (χ4n) is 4.00. The molecular weight excluding hydrogens is 420 g/mol. The van der Waals surface area contributed by atoms with Gasteiger partial charge in [0.15, 0.2) is 0 Å². The van der Waals surface area contributed by atoms with Crippen molar-refractivity contribution >= 4 is 23.1 Å². The molecule has 1 fully saturated rings.